The van der Waals surface area contributed by atoms with E-state index in [9.17, 15) is 4.79 Å². The van der Waals surface area contributed by atoms with E-state index in [1.165, 1.54) is 18.4 Å². The second kappa shape index (κ2) is 10.9. The third-order valence-corrected chi connectivity index (χ3v) is 6.24. The predicted molar refractivity (Wildman–Crippen MR) is 133 cm³/mol. The van der Waals surface area contributed by atoms with E-state index in [4.69, 9.17) is 21.7 Å². The number of ether oxygens (including phenoxy) is 2. The van der Waals surface area contributed by atoms with Gasteiger partial charge in [-0.3, -0.25) is 4.79 Å². The zero-order valence-electron chi connectivity index (χ0n) is 17.4. The molecule has 1 saturated heterocycles. The first-order chi connectivity index (χ1) is 14.5. The molecule has 0 aliphatic carbocycles. The predicted octanol–water partition coefficient (Wildman–Crippen LogP) is 5.04. The Hall–Kier alpha value is -1.87. The molecule has 0 bridgehead atoms. The Bertz CT molecular complexity index is 896. The normalized spacial score (nSPS) is 13.2. The molecule has 2 aromatic carbocycles. The van der Waals surface area contributed by atoms with Crippen molar-refractivity contribution < 1.29 is 14.3 Å². The van der Waals surface area contributed by atoms with Crippen LogP contribution in [0.15, 0.2) is 36.4 Å². The van der Waals surface area contributed by atoms with Crippen LogP contribution in [0.4, 0.5) is 5.69 Å². The fourth-order valence-electron chi connectivity index (χ4n) is 3.36. The second-order valence-corrected chi connectivity index (χ2v) is 8.65. The molecule has 0 unspecified atom stereocenters. The van der Waals surface area contributed by atoms with E-state index in [-0.39, 0.29) is 12.5 Å². The number of thiocarbonyl (C=S) groups is 1. The van der Waals surface area contributed by atoms with Gasteiger partial charge in [0, 0.05) is 24.3 Å². The van der Waals surface area contributed by atoms with Gasteiger partial charge in [0.05, 0.1) is 10.2 Å². The molecule has 1 heterocycles. The van der Waals surface area contributed by atoms with Crippen molar-refractivity contribution in [3.8, 4) is 11.5 Å². The summed E-state index contributed by atoms with van der Waals surface area (Å²) >= 11 is 7.90. The summed E-state index contributed by atoms with van der Waals surface area (Å²) in [5, 5.41) is 2.87. The van der Waals surface area contributed by atoms with E-state index in [1.807, 2.05) is 43.3 Å². The van der Waals surface area contributed by atoms with E-state index in [0.29, 0.717) is 18.1 Å². The van der Waals surface area contributed by atoms with Gasteiger partial charge in [0.2, 0.25) is 0 Å². The zero-order valence-corrected chi connectivity index (χ0v) is 20.3. The molecular formula is C23H27IN2O3S. The molecule has 1 aliphatic heterocycles. The van der Waals surface area contributed by atoms with Crippen LogP contribution in [-0.4, -0.2) is 42.1 Å². The summed E-state index contributed by atoms with van der Waals surface area (Å²) in [6.07, 6.45) is 3.31. The number of anilines is 1. The van der Waals surface area contributed by atoms with Crippen molar-refractivity contribution >= 4 is 51.4 Å². The van der Waals surface area contributed by atoms with Crippen LogP contribution in [0.5, 0.6) is 11.5 Å². The van der Waals surface area contributed by atoms with Crippen molar-refractivity contribution in [2.45, 2.75) is 33.1 Å². The SMILES string of the molecule is CCOc1cc(C(=S)N2CCCC2)cc(I)c1OCC(=O)Nc1ccc(CC)cc1. The maximum atomic E-state index is 12.4. The van der Waals surface area contributed by atoms with Crippen LogP contribution in [0, 0.1) is 3.57 Å². The highest BCUT2D eigenvalue weighted by Gasteiger charge is 2.20. The van der Waals surface area contributed by atoms with Gasteiger partial charge >= 0.3 is 0 Å². The van der Waals surface area contributed by atoms with Gasteiger partial charge in [0.1, 0.15) is 4.99 Å². The number of nitrogens with one attached hydrogen (secondary N) is 1. The van der Waals surface area contributed by atoms with Crippen LogP contribution in [0.1, 0.15) is 37.8 Å². The standard InChI is InChI=1S/C23H27IN2O3S/c1-3-16-7-9-18(10-8-16)25-21(27)15-29-22-19(24)13-17(14-20(22)28-4-2)23(30)26-11-5-6-12-26/h7-10,13-14H,3-6,11-12,15H2,1-2H3,(H,25,27). The summed E-state index contributed by atoms with van der Waals surface area (Å²) in [5.41, 5.74) is 2.94. The van der Waals surface area contributed by atoms with E-state index in [0.717, 1.165) is 39.3 Å². The highest BCUT2D eigenvalue weighted by molar-refractivity contribution is 14.1. The summed E-state index contributed by atoms with van der Waals surface area (Å²) in [6.45, 7) is 6.43. The van der Waals surface area contributed by atoms with Crippen molar-refractivity contribution in [3.63, 3.8) is 0 Å². The fraction of sp³-hybridized carbons (Fsp3) is 0.391. The number of hydrogen-bond donors (Lipinski definition) is 1. The van der Waals surface area contributed by atoms with Crippen molar-refractivity contribution in [3.05, 3.63) is 51.1 Å². The fourth-order valence-corrected chi connectivity index (χ4v) is 4.41. The highest BCUT2D eigenvalue weighted by atomic mass is 127. The molecule has 0 radical (unpaired) electrons. The summed E-state index contributed by atoms with van der Waals surface area (Å²) in [6, 6.07) is 11.7. The molecule has 0 saturated carbocycles. The van der Waals surface area contributed by atoms with Gasteiger partial charge < -0.3 is 19.7 Å². The molecule has 0 spiro atoms. The van der Waals surface area contributed by atoms with Gasteiger partial charge in [0.25, 0.3) is 5.91 Å². The van der Waals surface area contributed by atoms with Crippen molar-refractivity contribution in [2.24, 2.45) is 0 Å². The molecule has 7 heteroatoms. The molecule has 1 amide bonds. The van der Waals surface area contributed by atoms with Crippen LogP contribution >= 0.6 is 34.8 Å². The lowest BCUT2D eigenvalue weighted by atomic mass is 10.1. The number of hydrogen-bond acceptors (Lipinski definition) is 4. The van der Waals surface area contributed by atoms with Gasteiger partial charge in [0.15, 0.2) is 18.1 Å². The summed E-state index contributed by atoms with van der Waals surface area (Å²) < 4.78 is 12.5. The molecule has 1 aliphatic rings. The van der Waals surface area contributed by atoms with Crippen LogP contribution < -0.4 is 14.8 Å². The number of likely N-dealkylation sites (tertiary alicyclic amines) is 1. The lowest BCUT2D eigenvalue weighted by Gasteiger charge is -2.21. The smallest absolute Gasteiger partial charge is 0.262 e. The minimum Gasteiger partial charge on any atom is -0.490 e. The van der Waals surface area contributed by atoms with Crippen molar-refractivity contribution in [2.75, 3.05) is 31.6 Å². The van der Waals surface area contributed by atoms with Gasteiger partial charge in [-0.25, -0.2) is 0 Å². The van der Waals surface area contributed by atoms with Crippen LogP contribution in [0.2, 0.25) is 0 Å². The average molecular weight is 538 g/mol. The largest absolute Gasteiger partial charge is 0.490 e. The van der Waals surface area contributed by atoms with Crippen LogP contribution in [-0.2, 0) is 11.2 Å². The number of carbonyl (C=O) groups is 1. The number of carbonyl (C=O) groups excluding carboxylic acids is 1. The first-order valence-electron chi connectivity index (χ1n) is 10.3. The van der Waals surface area contributed by atoms with Crippen LogP contribution in [0.25, 0.3) is 0 Å². The summed E-state index contributed by atoms with van der Waals surface area (Å²) in [7, 11) is 0. The number of amides is 1. The highest BCUT2D eigenvalue weighted by Crippen LogP contribution is 2.35. The molecule has 1 fully saturated rings. The molecule has 30 heavy (non-hydrogen) atoms. The lowest BCUT2D eigenvalue weighted by molar-refractivity contribution is -0.118. The van der Waals surface area contributed by atoms with E-state index >= 15 is 0 Å². The number of aryl methyl sites for hydroxylation is 1. The van der Waals surface area contributed by atoms with Gasteiger partial charge in [-0.1, -0.05) is 31.3 Å². The average Bonchev–Trinajstić information content (AvgIpc) is 3.28. The Morgan fingerprint density at radius 3 is 2.47 bits per heavy atom. The Morgan fingerprint density at radius 2 is 1.83 bits per heavy atom. The molecule has 0 atom stereocenters. The van der Waals surface area contributed by atoms with Crippen LogP contribution in [0.3, 0.4) is 0 Å². The van der Waals surface area contributed by atoms with Crippen molar-refractivity contribution in [1.29, 1.82) is 0 Å². The van der Waals surface area contributed by atoms with Crippen molar-refractivity contribution in [1.82, 2.24) is 4.90 Å². The molecule has 160 valence electrons. The Kier molecular flexibility index (Phi) is 8.32. The summed E-state index contributed by atoms with van der Waals surface area (Å²) in [4.78, 5) is 15.4. The molecule has 3 rings (SSSR count). The second-order valence-electron chi connectivity index (χ2n) is 7.10. The monoisotopic (exact) mass is 538 g/mol. The number of benzene rings is 2. The van der Waals surface area contributed by atoms with E-state index < -0.39 is 0 Å². The maximum absolute atomic E-state index is 12.4. The Balaban J connectivity index is 1.69. The molecule has 2 aromatic rings. The molecule has 5 nitrogen and oxygen atoms in total. The minimum absolute atomic E-state index is 0.0957. The Morgan fingerprint density at radius 1 is 1.13 bits per heavy atom. The molecule has 0 aromatic heterocycles. The number of nitrogens with zero attached hydrogens (tertiary/aromatic N) is 1. The zero-order chi connectivity index (χ0) is 21.5. The third-order valence-electron chi connectivity index (χ3n) is 4.94. The number of rotatable bonds is 8. The molecule has 1 N–H and O–H groups in total. The van der Waals surface area contributed by atoms with E-state index in [2.05, 4.69) is 39.7 Å². The first kappa shape index (κ1) is 22.8. The summed E-state index contributed by atoms with van der Waals surface area (Å²) in [5.74, 6) is 0.970. The quantitative estimate of drug-likeness (QED) is 0.377. The first-order valence-corrected chi connectivity index (χ1v) is 11.8. The van der Waals surface area contributed by atoms with Gasteiger partial charge in [-0.15, -0.1) is 0 Å². The topological polar surface area (TPSA) is 50.8 Å². The minimum atomic E-state index is -0.214. The molecular weight excluding hydrogens is 511 g/mol. The van der Waals surface area contributed by atoms with Gasteiger partial charge in [-0.2, -0.15) is 0 Å². The number of halogens is 1. The van der Waals surface area contributed by atoms with E-state index in [1.54, 1.807) is 0 Å². The Labute approximate surface area is 197 Å². The van der Waals surface area contributed by atoms with Gasteiger partial charge in [-0.05, 0) is 78.6 Å². The third kappa shape index (κ3) is 5.85. The maximum Gasteiger partial charge on any atom is 0.262 e. The lowest BCUT2D eigenvalue weighted by Crippen LogP contribution is -2.27.